The molecule has 0 N–H and O–H groups in total. The third-order valence-corrected chi connectivity index (χ3v) is 7.27. The second-order valence-electron chi connectivity index (χ2n) is 11.8. The van der Waals surface area contributed by atoms with Crippen LogP contribution >= 0.6 is 0 Å². The van der Waals surface area contributed by atoms with Crippen LogP contribution in [0.5, 0.6) is 0 Å². The molecule has 5 heteroatoms. The Bertz CT molecular complexity index is 864. The average molecular weight is 641 g/mol. The van der Waals surface area contributed by atoms with Gasteiger partial charge < -0.3 is 14.2 Å². The first kappa shape index (κ1) is 43.3. The summed E-state index contributed by atoms with van der Waals surface area (Å²) in [6.07, 6.45) is 45.1. The third kappa shape index (κ3) is 34.2. The lowest BCUT2D eigenvalue weighted by Crippen LogP contribution is -2.30. The van der Waals surface area contributed by atoms with Crippen molar-refractivity contribution in [1.82, 2.24) is 0 Å². The zero-order chi connectivity index (χ0) is 33.6. The van der Waals surface area contributed by atoms with Crippen LogP contribution in [0.15, 0.2) is 72.9 Å². The molecule has 0 saturated heterocycles. The lowest BCUT2D eigenvalue weighted by Gasteiger charge is -2.18. The summed E-state index contributed by atoms with van der Waals surface area (Å²) in [5.74, 6) is -0.519. The van der Waals surface area contributed by atoms with Crippen molar-refractivity contribution >= 4 is 11.9 Å². The molecule has 0 aliphatic rings. The topological polar surface area (TPSA) is 61.8 Å². The highest BCUT2D eigenvalue weighted by Gasteiger charge is 2.17. The van der Waals surface area contributed by atoms with Crippen molar-refractivity contribution in [2.24, 2.45) is 0 Å². The summed E-state index contributed by atoms with van der Waals surface area (Å²) in [4.78, 5) is 24.7. The molecule has 1 atom stereocenters. The van der Waals surface area contributed by atoms with Gasteiger partial charge in [0, 0.05) is 19.4 Å². The molecule has 0 fully saturated rings. The van der Waals surface area contributed by atoms with Crippen molar-refractivity contribution < 1.29 is 23.8 Å². The van der Waals surface area contributed by atoms with Crippen molar-refractivity contribution in [2.75, 3.05) is 19.8 Å². The van der Waals surface area contributed by atoms with Crippen LogP contribution in [0.3, 0.4) is 0 Å². The molecule has 0 aromatic carbocycles. The monoisotopic (exact) mass is 641 g/mol. The van der Waals surface area contributed by atoms with Gasteiger partial charge >= 0.3 is 11.9 Å². The van der Waals surface area contributed by atoms with Crippen LogP contribution in [0.2, 0.25) is 0 Å². The number of allylic oxidation sites excluding steroid dienone is 12. The Morgan fingerprint density at radius 2 is 0.978 bits per heavy atom. The molecule has 46 heavy (non-hydrogen) atoms. The van der Waals surface area contributed by atoms with Gasteiger partial charge in [-0.1, -0.05) is 151 Å². The quantitative estimate of drug-likeness (QED) is 0.0416. The van der Waals surface area contributed by atoms with Gasteiger partial charge in [-0.3, -0.25) is 9.59 Å². The smallest absolute Gasteiger partial charge is 0.306 e. The summed E-state index contributed by atoms with van der Waals surface area (Å²) >= 11 is 0. The van der Waals surface area contributed by atoms with Crippen LogP contribution < -0.4 is 0 Å². The van der Waals surface area contributed by atoms with Gasteiger partial charge in [0.2, 0.25) is 0 Å². The fourth-order valence-corrected chi connectivity index (χ4v) is 4.53. The number of unbranched alkanes of at least 4 members (excludes halogenated alkanes) is 9. The van der Waals surface area contributed by atoms with Crippen LogP contribution in [0.25, 0.3) is 0 Å². The van der Waals surface area contributed by atoms with E-state index < -0.39 is 6.10 Å². The predicted octanol–water partition coefficient (Wildman–Crippen LogP) is 11.7. The van der Waals surface area contributed by atoms with E-state index in [0.29, 0.717) is 25.9 Å². The Balaban J connectivity index is 4.19. The van der Waals surface area contributed by atoms with Crippen molar-refractivity contribution in [1.29, 1.82) is 0 Å². The van der Waals surface area contributed by atoms with Gasteiger partial charge in [0.25, 0.3) is 0 Å². The lowest BCUT2D eigenvalue weighted by molar-refractivity contribution is -0.162. The molecule has 0 aliphatic heterocycles. The van der Waals surface area contributed by atoms with E-state index in [4.69, 9.17) is 14.2 Å². The molecule has 0 radical (unpaired) electrons. The third-order valence-electron chi connectivity index (χ3n) is 7.27. The van der Waals surface area contributed by atoms with E-state index in [0.717, 1.165) is 70.6 Å². The molecule has 1 unspecified atom stereocenters. The highest BCUT2D eigenvalue weighted by molar-refractivity contribution is 5.70. The van der Waals surface area contributed by atoms with Crippen LogP contribution in [0, 0.1) is 0 Å². The minimum atomic E-state index is -0.557. The van der Waals surface area contributed by atoms with Crippen LogP contribution in [-0.2, 0) is 23.8 Å². The molecule has 262 valence electrons. The predicted molar refractivity (Wildman–Crippen MR) is 196 cm³/mol. The summed E-state index contributed by atoms with van der Waals surface area (Å²) in [6, 6.07) is 0. The maximum Gasteiger partial charge on any atom is 0.306 e. The highest BCUT2D eigenvalue weighted by Crippen LogP contribution is 2.09. The van der Waals surface area contributed by atoms with Crippen molar-refractivity contribution in [3.8, 4) is 0 Å². The molecule has 0 aromatic heterocycles. The number of rotatable bonds is 32. The molecule has 0 amide bonds. The second-order valence-corrected chi connectivity index (χ2v) is 11.8. The van der Waals surface area contributed by atoms with E-state index in [9.17, 15) is 9.59 Å². The largest absolute Gasteiger partial charge is 0.462 e. The minimum Gasteiger partial charge on any atom is -0.462 e. The molecule has 0 aliphatic carbocycles. The van der Waals surface area contributed by atoms with Crippen LogP contribution in [0.1, 0.15) is 149 Å². The normalized spacial score (nSPS) is 13.0. The van der Waals surface area contributed by atoms with Gasteiger partial charge in [0.05, 0.1) is 6.61 Å². The molecule has 0 spiro atoms. The first-order valence-electron chi connectivity index (χ1n) is 18.5. The highest BCUT2D eigenvalue weighted by atomic mass is 16.6. The summed E-state index contributed by atoms with van der Waals surface area (Å²) in [5.41, 5.74) is 0. The standard InChI is InChI=1S/C41H68O5/c1-4-7-10-13-15-16-17-18-19-20-21-22-23-24-25-26-27-29-31-34-40(42)45-38-39(37-44-36-33-30-14-11-8-5-2)46-41(43)35-32-28-12-9-6-3/h7,10,15-16,18-19,21-22,24-25,27,29,39H,4-6,8-9,11-14,17,20,23,26,28,30-38H2,1-3H3/b10-7-,16-15-,19-18-,22-21-,25-24-,29-27-. The van der Waals surface area contributed by atoms with Gasteiger partial charge in [-0.25, -0.2) is 0 Å². The first-order chi connectivity index (χ1) is 22.6. The van der Waals surface area contributed by atoms with E-state index in [1.165, 1.54) is 38.5 Å². The number of esters is 2. The van der Waals surface area contributed by atoms with Crippen molar-refractivity contribution in [2.45, 2.75) is 155 Å². The van der Waals surface area contributed by atoms with Crippen LogP contribution in [-0.4, -0.2) is 37.9 Å². The molecule has 0 rings (SSSR count). The Hall–Kier alpha value is -2.66. The zero-order valence-corrected chi connectivity index (χ0v) is 29.8. The Labute approximate surface area is 283 Å². The van der Waals surface area contributed by atoms with Crippen molar-refractivity contribution in [3.05, 3.63) is 72.9 Å². The zero-order valence-electron chi connectivity index (χ0n) is 29.8. The number of carbonyl (C=O) groups excluding carboxylic acids is 2. The maximum absolute atomic E-state index is 12.4. The molecule has 0 aromatic rings. The average Bonchev–Trinajstić information content (AvgIpc) is 3.05. The first-order valence-corrected chi connectivity index (χ1v) is 18.5. The fourth-order valence-electron chi connectivity index (χ4n) is 4.53. The van der Waals surface area contributed by atoms with Crippen molar-refractivity contribution in [3.63, 3.8) is 0 Å². The summed E-state index contributed by atoms with van der Waals surface area (Å²) < 4.78 is 16.9. The van der Waals surface area contributed by atoms with Gasteiger partial charge in [0.1, 0.15) is 6.61 Å². The fraction of sp³-hybridized carbons (Fsp3) is 0.659. The Morgan fingerprint density at radius 3 is 1.52 bits per heavy atom. The Kier molecular flexibility index (Phi) is 34.7. The number of carbonyl (C=O) groups is 2. The summed E-state index contributed by atoms with van der Waals surface area (Å²) in [5, 5.41) is 0. The van der Waals surface area contributed by atoms with Crippen LogP contribution in [0.4, 0.5) is 0 Å². The van der Waals surface area contributed by atoms with Gasteiger partial charge in [-0.05, 0) is 57.8 Å². The van der Waals surface area contributed by atoms with E-state index in [1.54, 1.807) is 0 Å². The minimum absolute atomic E-state index is 0.0423. The van der Waals surface area contributed by atoms with E-state index in [1.807, 2.05) is 6.08 Å². The van der Waals surface area contributed by atoms with E-state index >= 15 is 0 Å². The lowest BCUT2D eigenvalue weighted by atomic mass is 10.1. The number of ether oxygens (including phenoxy) is 3. The molecule has 0 heterocycles. The van der Waals surface area contributed by atoms with Gasteiger partial charge in [-0.15, -0.1) is 0 Å². The second kappa shape index (κ2) is 36.8. The molecule has 0 saturated carbocycles. The number of hydrogen-bond donors (Lipinski definition) is 0. The molecule has 5 nitrogen and oxygen atoms in total. The molecular weight excluding hydrogens is 572 g/mol. The number of hydrogen-bond acceptors (Lipinski definition) is 5. The van der Waals surface area contributed by atoms with E-state index in [2.05, 4.69) is 87.6 Å². The van der Waals surface area contributed by atoms with Gasteiger partial charge in [0.15, 0.2) is 6.10 Å². The van der Waals surface area contributed by atoms with E-state index in [-0.39, 0.29) is 25.2 Å². The molecule has 0 bridgehead atoms. The maximum atomic E-state index is 12.4. The Morgan fingerprint density at radius 1 is 0.500 bits per heavy atom. The summed E-state index contributed by atoms with van der Waals surface area (Å²) in [6.45, 7) is 7.48. The molecular formula is C41H68O5. The van der Waals surface area contributed by atoms with Gasteiger partial charge in [-0.2, -0.15) is 0 Å². The SMILES string of the molecule is CC/C=C\C/C=C\C/C=C\C/C=C\C/C=C\C/C=C\CCC(=O)OCC(COCCCCCCCC)OC(=O)CCCCCCC. The summed E-state index contributed by atoms with van der Waals surface area (Å²) in [7, 11) is 0.